The summed E-state index contributed by atoms with van der Waals surface area (Å²) in [4.78, 5) is 33.1. The first-order valence-corrected chi connectivity index (χ1v) is 12.2. The molecule has 0 unspecified atom stereocenters. The molecular formula is C25H28N4O2S. The predicted molar refractivity (Wildman–Crippen MR) is 127 cm³/mol. The second kappa shape index (κ2) is 9.00. The van der Waals surface area contributed by atoms with E-state index in [2.05, 4.69) is 45.3 Å². The van der Waals surface area contributed by atoms with Crippen LogP contribution >= 0.6 is 11.3 Å². The molecule has 1 saturated heterocycles. The number of aromatic nitrogens is 1. The average Bonchev–Trinajstić information content (AvgIpc) is 3.32. The number of hydrogen-bond acceptors (Lipinski definition) is 5. The average molecular weight is 449 g/mol. The number of hydrogen-bond donors (Lipinski definition) is 2. The van der Waals surface area contributed by atoms with Crippen LogP contribution in [0.1, 0.15) is 35.3 Å². The van der Waals surface area contributed by atoms with Crippen molar-refractivity contribution in [2.45, 2.75) is 32.1 Å². The topological polar surface area (TPSA) is 74.3 Å². The van der Waals surface area contributed by atoms with E-state index in [4.69, 9.17) is 0 Å². The van der Waals surface area contributed by atoms with Gasteiger partial charge < -0.3 is 15.5 Å². The van der Waals surface area contributed by atoms with E-state index in [0.717, 1.165) is 56.4 Å². The third-order valence-corrected chi connectivity index (χ3v) is 7.68. The Balaban J connectivity index is 1.23. The highest BCUT2D eigenvalue weighted by molar-refractivity contribution is 7.09. The Morgan fingerprint density at radius 3 is 2.94 bits per heavy atom. The number of amides is 2. The lowest BCUT2D eigenvalue weighted by atomic mass is 9.71. The Morgan fingerprint density at radius 2 is 2.19 bits per heavy atom. The van der Waals surface area contributed by atoms with Crippen LogP contribution in [-0.2, 0) is 22.4 Å². The van der Waals surface area contributed by atoms with E-state index in [1.54, 1.807) is 23.6 Å². The molecule has 0 bridgehead atoms. The number of carbonyl (C=O) groups excluding carboxylic acids is 2. The van der Waals surface area contributed by atoms with E-state index < -0.39 is 0 Å². The molecule has 2 N–H and O–H groups in total. The highest BCUT2D eigenvalue weighted by Crippen LogP contribution is 2.39. The minimum atomic E-state index is -0.334. The lowest BCUT2D eigenvalue weighted by Crippen LogP contribution is -2.48. The molecule has 5 heterocycles. The van der Waals surface area contributed by atoms with Crippen LogP contribution in [0.15, 0.2) is 47.5 Å². The van der Waals surface area contributed by atoms with Gasteiger partial charge in [-0.25, -0.2) is 4.98 Å². The van der Waals surface area contributed by atoms with E-state index >= 15 is 0 Å². The van der Waals surface area contributed by atoms with E-state index in [1.807, 2.05) is 11.0 Å². The molecule has 1 fully saturated rings. The quantitative estimate of drug-likeness (QED) is 0.555. The monoisotopic (exact) mass is 448 g/mol. The van der Waals surface area contributed by atoms with Gasteiger partial charge in [0.25, 0.3) is 0 Å². The number of nitrogens with one attached hydrogen (secondary N) is 2. The summed E-state index contributed by atoms with van der Waals surface area (Å²) in [6, 6.07) is 6.31. The number of carbonyl (C=O) groups is 2. The minimum absolute atomic E-state index is 0.0253. The van der Waals surface area contributed by atoms with Crippen molar-refractivity contribution in [1.82, 2.24) is 15.2 Å². The normalized spacial score (nSPS) is 20.2. The molecule has 2 aromatic heterocycles. The van der Waals surface area contributed by atoms with Crippen molar-refractivity contribution in [2.24, 2.45) is 5.41 Å². The molecule has 166 valence electrons. The lowest BCUT2D eigenvalue weighted by molar-refractivity contribution is -0.127. The van der Waals surface area contributed by atoms with Gasteiger partial charge in [-0.2, -0.15) is 0 Å². The summed E-state index contributed by atoms with van der Waals surface area (Å²) in [5.41, 5.74) is 3.02. The molecule has 0 aromatic carbocycles. The predicted octanol–water partition coefficient (Wildman–Crippen LogP) is 3.42. The highest BCUT2D eigenvalue weighted by atomic mass is 32.1. The largest absolute Gasteiger partial charge is 0.335 e. The van der Waals surface area contributed by atoms with Crippen molar-refractivity contribution in [2.75, 3.05) is 31.5 Å². The highest BCUT2D eigenvalue weighted by Gasteiger charge is 2.43. The number of fused-ring (bicyclic) bond motifs is 1. The van der Waals surface area contributed by atoms with Gasteiger partial charge in [-0.1, -0.05) is 17.7 Å². The minimum Gasteiger partial charge on any atom is -0.335 e. The van der Waals surface area contributed by atoms with Gasteiger partial charge in [0.15, 0.2) is 0 Å². The van der Waals surface area contributed by atoms with Crippen LogP contribution in [0.5, 0.6) is 0 Å². The number of anilines is 1. The maximum Gasteiger partial charge on any atom is 0.246 e. The van der Waals surface area contributed by atoms with Crippen LogP contribution in [0.2, 0.25) is 0 Å². The Kier molecular flexibility index (Phi) is 5.93. The number of rotatable bonds is 4. The van der Waals surface area contributed by atoms with Gasteiger partial charge in [0, 0.05) is 36.7 Å². The molecule has 2 amide bonds. The summed E-state index contributed by atoms with van der Waals surface area (Å²) in [6.07, 6.45) is 11.7. The van der Waals surface area contributed by atoms with Crippen molar-refractivity contribution in [3.8, 4) is 0 Å². The first kappa shape index (κ1) is 21.1. The molecular weight excluding hydrogens is 420 g/mol. The van der Waals surface area contributed by atoms with Crippen LogP contribution in [0.25, 0.3) is 6.08 Å². The SMILES string of the molecule is O=C(C=Cc1cnc2c(c1)CC1(CCNCC1)C(=O)N2)N1CC=C(Cc2cccs2)CC1. The summed E-state index contributed by atoms with van der Waals surface area (Å²) in [7, 11) is 0. The Hall–Kier alpha value is -2.77. The summed E-state index contributed by atoms with van der Waals surface area (Å²) < 4.78 is 0. The smallest absolute Gasteiger partial charge is 0.246 e. The first-order valence-electron chi connectivity index (χ1n) is 11.3. The molecule has 5 rings (SSSR count). The number of piperidine rings is 1. The standard InChI is InChI=1S/C25H28N4O2S/c30-22(29-11-5-18(6-12-29)15-21-2-1-13-32-21)4-3-19-14-20-16-25(7-9-26-10-8-25)24(31)28-23(20)27-17-19/h1-5,13-14,17,26H,6-12,15-16H2,(H,27,28,31). The zero-order chi connectivity index (χ0) is 22.0. The van der Waals surface area contributed by atoms with Crippen molar-refractivity contribution < 1.29 is 9.59 Å². The second-order valence-electron chi connectivity index (χ2n) is 8.92. The fourth-order valence-corrected chi connectivity index (χ4v) is 5.60. The van der Waals surface area contributed by atoms with Crippen LogP contribution in [0.3, 0.4) is 0 Å². The Labute approximate surface area is 192 Å². The van der Waals surface area contributed by atoms with Gasteiger partial charge in [-0.05, 0) is 73.5 Å². The summed E-state index contributed by atoms with van der Waals surface area (Å²) in [6.45, 7) is 3.15. The second-order valence-corrected chi connectivity index (χ2v) is 9.96. The molecule has 32 heavy (non-hydrogen) atoms. The number of thiophene rings is 1. The van der Waals surface area contributed by atoms with Gasteiger partial charge >= 0.3 is 0 Å². The number of nitrogens with zero attached hydrogens (tertiary/aromatic N) is 2. The van der Waals surface area contributed by atoms with E-state index in [0.29, 0.717) is 18.8 Å². The summed E-state index contributed by atoms with van der Waals surface area (Å²) in [5.74, 6) is 0.772. The fraction of sp³-hybridized carbons (Fsp3) is 0.400. The third-order valence-electron chi connectivity index (χ3n) is 6.81. The van der Waals surface area contributed by atoms with Gasteiger partial charge in [0.2, 0.25) is 11.8 Å². The number of pyridine rings is 1. The first-order chi connectivity index (χ1) is 15.6. The maximum atomic E-state index is 12.7. The van der Waals surface area contributed by atoms with Gasteiger partial charge in [-0.3, -0.25) is 9.59 Å². The third kappa shape index (κ3) is 4.40. The molecule has 6 nitrogen and oxygen atoms in total. The Morgan fingerprint density at radius 1 is 1.31 bits per heavy atom. The fourth-order valence-electron chi connectivity index (χ4n) is 4.84. The molecule has 2 aromatic rings. The zero-order valence-electron chi connectivity index (χ0n) is 18.1. The van der Waals surface area contributed by atoms with Gasteiger partial charge in [-0.15, -0.1) is 11.3 Å². The summed E-state index contributed by atoms with van der Waals surface area (Å²) in [5, 5.41) is 8.44. The molecule has 1 spiro atoms. The van der Waals surface area contributed by atoms with Crippen LogP contribution in [-0.4, -0.2) is 47.9 Å². The van der Waals surface area contributed by atoms with Crippen LogP contribution in [0.4, 0.5) is 5.82 Å². The van der Waals surface area contributed by atoms with Crippen LogP contribution in [0, 0.1) is 5.41 Å². The van der Waals surface area contributed by atoms with Crippen molar-refractivity contribution in [3.05, 3.63) is 63.5 Å². The molecule has 0 radical (unpaired) electrons. The summed E-state index contributed by atoms with van der Waals surface area (Å²) >= 11 is 1.78. The molecule has 3 aliphatic heterocycles. The van der Waals surface area contributed by atoms with Crippen molar-refractivity contribution >= 4 is 35.0 Å². The van der Waals surface area contributed by atoms with Gasteiger partial charge in [0.05, 0.1) is 5.41 Å². The lowest BCUT2D eigenvalue weighted by Gasteiger charge is -2.39. The Bertz CT molecular complexity index is 1070. The van der Waals surface area contributed by atoms with E-state index in [-0.39, 0.29) is 17.2 Å². The van der Waals surface area contributed by atoms with E-state index in [1.165, 1.54) is 10.5 Å². The molecule has 7 heteroatoms. The van der Waals surface area contributed by atoms with Gasteiger partial charge in [0.1, 0.15) is 5.82 Å². The van der Waals surface area contributed by atoms with Crippen molar-refractivity contribution in [3.63, 3.8) is 0 Å². The molecule has 3 aliphatic rings. The van der Waals surface area contributed by atoms with E-state index in [9.17, 15) is 9.59 Å². The molecule has 0 atom stereocenters. The zero-order valence-corrected chi connectivity index (χ0v) is 18.9. The van der Waals surface area contributed by atoms with Crippen molar-refractivity contribution in [1.29, 1.82) is 0 Å². The molecule has 0 saturated carbocycles. The van der Waals surface area contributed by atoms with Crippen LogP contribution < -0.4 is 10.6 Å². The molecule has 0 aliphatic carbocycles. The maximum absolute atomic E-state index is 12.7.